The molecule has 0 atom stereocenters. The highest BCUT2D eigenvalue weighted by molar-refractivity contribution is 5.80. The molecule has 0 radical (unpaired) electrons. The Bertz CT molecular complexity index is 874. The maximum atomic E-state index is 4.29. The molecule has 4 rings (SSSR count). The van der Waals surface area contributed by atoms with E-state index < -0.39 is 0 Å². The van der Waals surface area contributed by atoms with Gasteiger partial charge in [0.15, 0.2) is 0 Å². The van der Waals surface area contributed by atoms with Crippen LogP contribution in [0.15, 0.2) is 61.2 Å². The Labute approximate surface area is 126 Å². The Morgan fingerprint density at radius 1 is 0.500 bits per heavy atom. The molecule has 0 fully saturated rings. The van der Waals surface area contributed by atoms with Crippen LogP contribution in [0.2, 0.25) is 0 Å². The molecule has 106 valence electrons. The number of anilines is 2. The number of benzene rings is 2. The van der Waals surface area contributed by atoms with Crippen LogP contribution in [0.4, 0.5) is 11.4 Å². The van der Waals surface area contributed by atoms with Crippen molar-refractivity contribution < 1.29 is 0 Å². The van der Waals surface area contributed by atoms with Gasteiger partial charge in [-0.2, -0.15) is 0 Å². The molecule has 0 spiro atoms. The minimum absolute atomic E-state index is 0.846. The summed E-state index contributed by atoms with van der Waals surface area (Å²) in [7, 11) is 0. The highest BCUT2D eigenvalue weighted by atomic mass is 15.4. The average molecular weight is 288 g/mol. The van der Waals surface area contributed by atoms with Crippen molar-refractivity contribution in [2.24, 2.45) is 0 Å². The third kappa shape index (κ3) is 2.37. The molecule has 4 aromatic rings. The lowest BCUT2D eigenvalue weighted by Crippen LogP contribution is -2.08. The van der Waals surface area contributed by atoms with Crippen molar-refractivity contribution in [3.8, 4) is 0 Å². The molecule has 6 nitrogen and oxygen atoms in total. The van der Waals surface area contributed by atoms with Crippen LogP contribution in [0.3, 0.4) is 0 Å². The monoisotopic (exact) mass is 288 g/mol. The minimum atomic E-state index is 0.846. The van der Waals surface area contributed by atoms with Crippen molar-refractivity contribution in [2.45, 2.75) is 0 Å². The highest BCUT2D eigenvalue weighted by Gasteiger charge is 2.00. The average Bonchev–Trinajstić information content (AvgIpc) is 2.59. The predicted octanol–water partition coefficient (Wildman–Crippen LogP) is 3.01. The molecule has 6 heteroatoms. The third-order valence-electron chi connectivity index (χ3n) is 3.29. The zero-order valence-corrected chi connectivity index (χ0v) is 11.6. The van der Waals surface area contributed by atoms with Gasteiger partial charge in [-0.25, -0.2) is 0 Å². The number of nitrogens with zero attached hydrogens (tertiary/aromatic N) is 4. The second-order valence-corrected chi connectivity index (χ2v) is 4.77. The van der Waals surface area contributed by atoms with Crippen LogP contribution in [-0.2, 0) is 0 Å². The molecule has 0 amide bonds. The number of hydrogen-bond acceptors (Lipinski definition) is 6. The summed E-state index contributed by atoms with van der Waals surface area (Å²) in [6.45, 7) is 0. The van der Waals surface area contributed by atoms with Gasteiger partial charge in [0, 0.05) is 24.8 Å². The van der Waals surface area contributed by atoms with Crippen molar-refractivity contribution in [3.63, 3.8) is 0 Å². The van der Waals surface area contributed by atoms with Crippen LogP contribution < -0.4 is 10.9 Å². The van der Waals surface area contributed by atoms with Crippen LogP contribution >= 0.6 is 0 Å². The van der Waals surface area contributed by atoms with Gasteiger partial charge in [0.1, 0.15) is 0 Å². The molecule has 2 aromatic heterocycles. The van der Waals surface area contributed by atoms with E-state index >= 15 is 0 Å². The van der Waals surface area contributed by atoms with Gasteiger partial charge in [0.05, 0.1) is 33.4 Å². The molecule has 22 heavy (non-hydrogen) atoms. The van der Waals surface area contributed by atoms with E-state index in [0.717, 1.165) is 33.4 Å². The van der Waals surface area contributed by atoms with E-state index in [-0.39, 0.29) is 0 Å². The van der Waals surface area contributed by atoms with Crippen molar-refractivity contribution >= 4 is 33.4 Å². The molecule has 0 saturated carbocycles. The van der Waals surface area contributed by atoms with Crippen molar-refractivity contribution in [3.05, 3.63) is 61.2 Å². The SMILES string of the molecule is c1cnc2cc(NNc3ccc4nccnc4c3)ccc2n1. The van der Waals surface area contributed by atoms with Gasteiger partial charge in [-0.1, -0.05) is 0 Å². The van der Waals surface area contributed by atoms with Gasteiger partial charge < -0.3 is 10.9 Å². The van der Waals surface area contributed by atoms with Gasteiger partial charge in [0.2, 0.25) is 0 Å². The molecule has 0 aliphatic rings. The first-order valence-electron chi connectivity index (χ1n) is 6.82. The number of nitrogens with one attached hydrogen (secondary N) is 2. The lowest BCUT2D eigenvalue weighted by Gasteiger charge is -2.10. The summed E-state index contributed by atoms with van der Waals surface area (Å²) in [4.78, 5) is 17.1. The summed E-state index contributed by atoms with van der Waals surface area (Å²) in [5.74, 6) is 0. The fraction of sp³-hybridized carbons (Fsp3) is 0. The van der Waals surface area contributed by atoms with Crippen molar-refractivity contribution in [1.82, 2.24) is 19.9 Å². The Hall–Kier alpha value is -3.28. The fourth-order valence-corrected chi connectivity index (χ4v) is 2.23. The number of fused-ring (bicyclic) bond motifs is 2. The third-order valence-corrected chi connectivity index (χ3v) is 3.29. The van der Waals surface area contributed by atoms with Gasteiger partial charge in [-0.15, -0.1) is 0 Å². The van der Waals surface area contributed by atoms with Gasteiger partial charge in [0.25, 0.3) is 0 Å². The Morgan fingerprint density at radius 2 is 0.909 bits per heavy atom. The molecule has 0 unspecified atom stereocenters. The molecule has 2 aromatic carbocycles. The van der Waals surface area contributed by atoms with E-state index in [4.69, 9.17) is 0 Å². The van der Waals surface area contributed by atoms with E-state index in [1.807, 2.05) is 36.4 Å². The van der Waals surface area contributed by atoms with Gasteiger partial charge >= 0.3 is 0 Å². The van der Waals surface area contributed by atoms with Crippen molar-refractivity contribution in [1.29, 1.82) is 0 Å². The Morgan fingerprint density at radius 3 is 1.36 bits per heavy atom. The Balaban J connectivity index is 1.57. The predicted molar refractivity (Wildman–Crippen MR) is 86.3 cm³/mol. The molecule has 2 heterocycles. The lowest BCUT2D eigenvalue weighted by atomic mass is 10.2. The van der Waals surface area contributed by atoms with Gasteiger partial charge in [-0.3, -0.25) is 19.9 Å². The first-order chi connectivity index (χ1) is 10.9. The largest absolute Gasteiger partial charge is 0.301 e. The first-order valence-corrected chi connectivity index (χ1v) is 6.82. The molecule has 0 saturated heterocycles. The summed E-state index contributed by atoms with van der Waals surface area (Å²) < 4.78 is 0. The number of hydrogen-bond donors (Lipinski definition) is 2. The number of aromatic nitrogens is 4. The molecule has 0 bridgehead atoms. The summed E-state index contributed by atoms with van der Waals surface area (Å²) in [6, 6.07) is 11.6. The number of rotatable bonds is 3. The summed E-state index contributed by atoms with van der Waals surface area (Å²) in [5, 5.41) is 0. The van der Waals surface area contributed by atoms with Crippen LogP contribution in [-0.4, -0.2) is 19.9 Å². The zero-order valence-electron chi connectivity index (χ0n) is 11.6. The van der Waals surface area contributed by atoms with E-state index in [1.54, 1.807) is 24.8 Å². The second-order valence-electron chi connectivity index (χ2n) is 4.77. The standard InChI is InChI=1S/C16H12N6/c1-3-13-15(19-7-5-17-13)9-11(1)21-22-12-2-4-14-16(10-12)20-8-6-18-14/h1-10,21-22H. The topological polar surface area (TPSA) is 75.6 Å². The maximum Gasteiger partial charge on any atom is 0.0907 e. The lowest BCUT2D eigenvalue weighted by molar-refractivity contribution is 1.28. The molecule has 2 N–H and O–H groups in total. The van der Waals surface area contributed by atoms with Crippen LogP contribution in [0.5, 0.6) is 0 Å². The Kier molecular flexibility index (Phi) is 2.97. The summed E-state index contributed by atoms with van der Waals surface area (Å²) in [5.41, 5.74) is 11.6. The van der Waals surface area contributed by atoms with E-state index in [2.05, 4.69) is 30.8 Å². The molecule has 0 aliphatic carbocycles. The van der Waals surface area contributed by atoms with Crippen LogP contribution in [0.1, 0.15) is 0 Å². The van der Waals surface area contributed by atoms with E-state index in [0.29, 0.717) is 0 Å². The first kappa shape index (κ1) is 12.5. The minimum Gasteiger partial charge on any atom is -0.301 e. The molecular formula is C16H12N6. The highest BCUT2D eigenvalue weighted by Crippen LogP contribution is 2.18. The fourth-order valence-electron chi connectivity index (χ4n) is 2.23. The van der Waals surface area contributed by atoms with Crippen molar-refractivity contribution in [2.75, 3.05) is 10.9 Å². The molecular weight excluding hydrogens is 276 g/mol. The smallest absolute Gasteiger partial charge is 0.0907 e. The second kappa shape index (κ2) is 5.25. The van der Waals surface area contributed by atoms with Crippen LogP contribution in [0, 0.1) is 0 Å². The molecule has 0 aliphatic heterocycles. The van der Waals surface area contributed by atoms with E-state index in [9.17, 15) is 0 Å². The summed E-state index contributed by atoms with van der Waals surface area (Å²) in [6.07, 6.45) is 6.73. The van der Waals surface area contributed by atoms with Gasteiger partial charge in [-0.05, 0) is 36.4 Å². The maximum absolute atomic E-state index is 4.29. The summed E-state index contributed by atoms with van der Waals surface area (Å²) >= 11 is 0. The van der Waals surface area contributed by atoms with E-state index in [1.165, 1.54) is 0 Å². The normalized spacial score (nSPS) is 10.7. The zero-order chi connectivity index (χ0) is 14.8. The quantitative estimate of drug-likeness (QED) is 0.564. The van der Waals surface area contributed by atoms with Crippen LogP contribution in [0.25, 0.3) is 22.1 Å². The number of hydrazine groups is 1.